The smallest absolute Gasteiger partial charge is 0.151 e. The monoisotopic (exact) mass is 532 g/mol. The summed E-state index contributed by atoms with van der Waals surface area (Å²) in [5, 5.41) is 16.7. The van der Waals surface area contributed by atoms with Crippen LogP contribution in [0.25, 0.3) is 21.5 Å². The van der Waals surface area contributed by atoms with Crippen molar-refractivity contribution in [3.8, 4) is 17.0 Å². The molecule has 2 aromatic carbocycles. The third-order valence-electron chi connectivity index (χ3n) is 6.00. The number of ether oxygens (including phenoxy) is 1. The number of aromatic nitrogens is 2. The van der Waals surface area contributed by atoms with Gasteiger partial charge in [-0.1, -0.05) is 34.4 Å². The van der Waals surface area contributed by atoms with Crippen molar-refractivity contribution in [2.45, 2.75) is 19.6 Å². The van der Waals surface area contributed by atoms with Gasteiger partial charge < -0.3 is 14.4 Å². The summed E-state index contributed by atoms with van der Waals surface area (Å²) in [6.07, 6.45) is -0.558. The molecule has 0 amide bonds. The molecule has 35 heavy (non-hydrogen) atoms. The van der Waals surface area contributed by atoms with E-state index >= 15 is 0 Å². The van der Waals surface area contributed by atoms with Gasteiger partial charge in [0.15, 0.2) is 5.76 Å². The topological polar surface area (TPSA) is 74.9 Å². The molecule has 5 rings (SSSR count). The average Bonchev–Trinajstić information content (AvgIpc) is 3.46. The number of fused-ring (bicyclic) bond motifs is 1. The zero-order valence-electron chi connectivity index (χ0n) is 19.3. The second kappa shape index (κ2) is 10.8. The molecule has 1 atom stereocenters. The molecule has 0 radical (unpaired) electrons. The van der Waals surface area contributed by atoms with Crippen LogP contribution in [0.1, 0.15) is 10.8 Å². The first-order valence-electron chi connectivity index (χ1n) is 11.5. The predicted octanol–water partition coefficient (Wildman–Crippen LogP) is 5.12. The highest BCUT2D eigenvalue weighted by Crippen LogP contribution is 2.29. The van der Waals surface area contributed by atoms with Gasteiger partial charge in [-0.05, 0) is 31.2 Å². The maximum absolute atomic E-state index is 10.5. The number of aliphatic hydroxyl groups is 1. The summed E-state index contributed by atoms with van der Waals surface area (Å²) in [5.41, 5.74) is 2.55. The van der Waals surface area contributed by atoms with Crippen molar-refractivity contribution < 1.29 is 14.4 Å². The van der Waals surface area contributed by atoms with Crippen molar-refractivity contribution in [2.75, 3.05) is 39.3 Å². The van der Waals surface area contributed by atoms with Gasteiger partial charge in [0.2, 0.25) is 0 Å². The highest BCUT2D eigenvalue weighted by Gasteiger charge is 2.21. The molecule has 0 aliphatic carbocycles. The van der Waals surface area contributed by atoms with Gasteiger partial charge in [0.05, 0.1) is 31.8 Å². The van der Waals surface area contributed by atoms with Crippen molar-refractivity contribution in [3.63, 3.8) is 0 Å². The predicted molar refractivity (Wildman–Crippen MR) is 140 cm³/mol. The van der Waals surface area contributed by atoms with Crippen LogP contribution in [-0.2, 0) is 6.54 Å². The van der Waals surface area contributed by atoms with Gasteiger partial charge in [0.25, 0.3) is 0 Å². The minimum atomic E-state index is -0.558. The van der Waals surface area contributed by atoms with Crippen molar-refractivity contribution in [1.82, 2.24) is 19.9 Å². The number of hydrogen-bond donors (Lipinski definition) is 1. The summed E-state index contributed by atoms with van der Waals surface area (Å²) >= 11 is 13.8. The first-order valence-corrected chi connectivity index (χ1v) is 13.0. The maximum atomic E-state index is 10.5. The van der Waals surface area contributed by atoms with E-state index in [4.69, 9.17) is 32.5 Å². The van der Waals surface area contributed by atoms with Crippen molar-refractivity contribution in [2.24, 2.45) is 0 Å². The Kier molecular flexibility index (Phi) is 7.57. The Morgan fingerprint density at radius 3 is 2.66 bits per heavy atom. The highest BCUT2D eigenvalue weighted by atomic mass is 35.5. The molecule has 184 valence electrons. The van der Waals surface area contributed by atoms with Crippen LogP contribution in [0.4, 0.5) is 0 Å². The van der Waals surface area contributed by atoms with E-state index in [0.29, 0.717) is 23.1 Å². The Balaban J connectivity index is 1.06. The van der Waals surface area contributed by atoms with Gasteiger partial charge >= 0.3 is 0 Å². The molecule has 1 fully saturated rings. The van der Waals surface area contributed by atoms with E-state index in [-0.39, 0.29) is 6.61 Å². The Hall–Kier alpha value is -2.20. The molecule has 4 aromatic rings. The summed E-state index contributed by atoms with van der Waals surface area (Å²) in [6, 6.07) is 13.2. The lowest BCUT2D eigenvalue weighted by atomic mass is 10.1. The zero-order chi connectivity index (χ0) is 24.4. The van der Waals surface area contributed by atoms with Gasteiger partial charge in [0, 0.05) is 50.4 Å². The van der Waals surface area contributed by atoms with Crippen LogP contribution >= 0.6 is 34.5 Å². The lowest BCUT2D eigenvalue weighted by Gasteiger charge is -2.35. The molecular formula is C25H26Cl2N4O3S. The summed E-state index contributed by atoms with van der Waals surface area (Å²) in [6.45, 7) is 7.03. The van der Waals surface area contributed by atoms with E-state index in [1.165, 1.54) is 0 Å². The fraction of sp³-hybridized carbons (Fsp3) is 0.360. The number of aryl methyl sites for hydroxylation is 1. The van der Waals surface area contributed by atoms with Crippen LogP contribution in [0.5, 0.6) is 5.75 Å². The van der Waals surface area contributed by atoms with Crippen LogP contribution in [0.3, 0.4) is 0 Å². The molecule has 1 aliphatic heterocycles. The highest BCUT2D eigenvalue weighted by molar-refractivity contribution is 7.18. The lowest BCUT2D eigenvalue weighted by molar-refractivity contribution is 0.0430. The average molecular weight is 533 g/mol. The van der Waals surface area contributed by atoms with Crippen molar-refractivity contribution >= 4 is 44.8 Å². The first kappa shape index (κ1) is 24.5. The molecule has 0 saturated carbocycles. The Labute approximate surface area is 217 Å². The minimum Gasteiger partial charge on any atom is -0.491 e. The molecule has 1 saturated heterocycles. The van der Waals surface area contributed by atoms with E-state index in [1.54, 1.807) is 23.5 Å². The van der Waals surface area contributed by atoms with Gasteiger partial charge in [-0.3, -0.25) is 9.80 Å². The van der Waals surface area contributed by atoms with Crippen LogP contribution in [0.15, 0.2) is 47.0 Å². The minimum absolute atomic E-state index is 0.254. The Morgan fingerprint density at radius 1 is 1.06 bits per heavy atom. The van der Waals surface area contributed by atoms with Crippen LogP contribution in [0, 0.1) is 6.92 Å². The number of piperazine rings is 1. The molecule has 0 spiro atoms. The summed E-state index contributed by atoms with van der Waals surface area (Å²) in [4.78, 5) is 9.08. The summed E-state index contributed by atoms with van der Waals surface area (Å²) in [7, 11) is 0. The van der Waals surface area contributed by atoms with Gasteiger partial charge in [-0.15, -0.1) is 11.3 Å². The fourth-order valence-corrected chi connectivity index (χ4v) is 5.29. The number of benzene rings is 2. The normalized spacial score (nSPS) is 16.1. The SMILES string of the molecule is Cc1nc2cc(OCC(O)CN3CCN(Cc4cc(-c5ccc(Cl)c(Cl)c5)no4)CC3)ccc2s1. The number of β-amino-alcohol motifs (C(OH)–C–C–N with tert-alkyl or cyclic N) is 1. The molecule has 1 N–H and O–H groups in total. The number of thiazole rings is 1. The number of aliphatic hydroxyl groups excluding tert-OH is 1. The second-order valence-electron chi connectivity index (χ2n) is 8.71. The molecule has 0 bridgehead atoms. The van der Waals surface area contributed by atoms with Crippen molar-refractivity contribution in [1.29, 1.82) is 0 Å². The first-order chi connectivity index (χ1) is 16.9. The lowest BCUT2D eigenvalue weighted by Crippen LogP contribution is -2.48. The third-order valence-corrected chi connectivity index (χ3v) is 7.69. The Morgan fingerprint density at radius 2 is 1.86 bits per heavy atom. The fourth-order valence-electron chi connectivity index (χ4n) is 4.18. The third kappa shape index (κ3) is 6.14. The largest absolute Gasteiger partial charge is 0.491 e. The molecule has 1 aliphatic rings. The maximum Gasteiger partial charge on any atom is 0.151 e. The Bertz CT molecular complexity index is 1300. The number of halogens is 2. The van der Waals surface area contributed by atoms with Gasteiger partial charge in [-0.2, -0.15) is 0 Å². The number of hydrogen-bond acceptors (Lipinski definition) is 8. The van der Waals surface area contributed by atoms with E-state index < -0.39 is 6.10 Å². The number of rotatable bonds is 8. The van der Waals surface area contributed by atoms with Crippen LogP contribution in [-0.4, -0.2) is 70.5 Å². The molecular weight excluding hydrogens is 507 g/mol. The van der Waals surface area contributed by atoms with Gasteiger partial charge in [0.1, 0.15) is 24.2 Å². The van der Waals surface area contributed by atoms with E-state index in [2.05, 4.69) is 19.9 Å². The summed E-state index contributed by atoms with van der Waals surface area (Å²) in [5.74, 6) is 1.54. The van der Waals surface area contributed by atoms with Gasteiger partial charge in [-0.25, -0.2) is 4.98 Å². The molecule has 1 unspecified atom stereocenters. The van der Waals surface area contributed by atoms with E-state index in [0.717, 1.165) is 64.2 Å². The molecule has 7 nitrogen and oxygen atoms in total. The van der Waals surface area contributed by atoms with Crippen LogP contribution < -0.4 is 4.74 Å². The standard InChI is InChI=1S/C25H26Cl2N4O3S/c1-16-28-24-11-19(3-5-25(24)35-16)33-15-18(32)13-30-6-8-31(9-7-30)14-20-12-23(29-34-20)17-2-4-21(26)22(27)10-17/h2-5,10-12,18,32H,6-9,13-15H2,1H3. The van der Waals surface area contributed by atoms with E-state index in [1.807, 2.05) is 37.3 Å². The quantitative estimate of drug-likeness (QED) is 0.337. The van der Waals surface area contributed by atoms with Crippen molar-refractivity contribution in [3.05, 3.63) is 63.3 Å². The molecule has 3 heterocycles. The second-order valence-corrected chi connectivity index (χ2v) is 10.8. The summed E-state index contributed by atoms with van der Waals surface area (Å²) < 4.78 is 12.5. The zero-order valence-corrected chi connectivity index (χ0v) is 21.6. The molecule has 2 aromatic heterocycles. The van der Waals surface area contributed by atoms with Crippen LogP contribution in [0.2, 0.25) is 10.0 Å². The number of nitrogens with zero attached hydrogens (tertiary/aromatic N) is 4. The van der Waals surface area contributed by atoms with E-state index in [9.17, 15) is 5.11 Å². The molecule has 10 heteroatoms.